The summed E-state index contributed by atoms with van der Waals surface area (Å²) in [5.74, 6) is 0.0137. The van der Waals surface area contributed by atoms with Crippen LogP contribution in [-0.2, 0) is 9.59 Å². The van der Waals surface area contributed by atoms with Gasteiger partial charge in [0.1, 0.15) is 28.6 Å². The maximum atomic E-state index is 13.3. The zero-order valence-corrected chi connectivity index (χ0v) is 19.7. The Balaban J connectivity index is 1.69. The minimum Gasteiger partial charge on any atom is -0.497 e. The molecule has 1 fully saturated rings. The molecule has 1 N–H and O–H groups in total. The first kappa shape index (κ1) is 23.6. The van der Waals surface area contributed by atoms with E-state index < -0.39 is 16.7 Å². The molecule has 2 aromatic carbocycles. The van der Waals surface area contributed by atoms with E-state index in [4.69, 9.17) is 26.1 Å². The third kappa shape index (κ3) is 4.49. The van der Waals surface area contributed by atoms with Crippen molar-refractivity contribution in [3.63, 3.8) is 0 Å². The fraction of sp³-hybridized carbons (Fsp3) is 0.125. The maximum Gasteiger partial charge on any atom is 0.273 e. The van der Waals surface area contributed by atoms with Crippen LogP contribution >= 0.6 is 12.2 Å². The number of hydrogen-bond donors (Lipinski definition) is 1. The molecule has 2 amide bonds. The van der Waals surface area contributed by atoms with E-state index >= 15 is 0 Å². The van der Waals surface area contributed by atoms with Crippen molar-refractivity contribution in [1.82, 2.24) is 5.32 Å². The SMILES string of the molecule is COc1ccc(N2C(=O)/C(=C/c3ccc(-c4ccc(C)c([N+](=O)[O-])c4)o3)C(=O)NC2=S)c(OC)c1. The van der Waals surface area contributed by atoms with Crippen LogP contribution in [0.5, 0.6) is 11.5 Å². The molecule has 4 rings (SSSR count). The molecule has 2 heterocycles. The highest BCUT2D eigenvalue weighted by molar-refractivity contribution is 7.80. The number of nitro groups is 1. The second-order valence-corrected chi connectivity index (χ2v) is 7.84. The van der Waals surface area contributed by atoms with Crippen molar-refractivity contribution in [3.05, 3.63) is 75.5 Å². The number of thiocarbonyl (C=S) groups is 1. The molecule has 0 bridgehead atoms. The molecular weight excluding hydrogens is 474 g/mol. The molecule has 0 saturated carbocycles. The van der Waals surface area contributed by atoms with Crippen LogP contribution in [-0.4, -0.2) is 36.1 Å². The predicted molar refractivity (Wildman–Crippen MR) is 131 cm³/mol. The molecule has 11 heteroatoms. The first-order chi connectivity index (χ1) is 16.7. The normalized spacial score (nSPS) is 14.8. The third-order valence-corrected chi connectivity index (χ3v) is 5.62. The number of amides is 2. The number of carbonyl (C=O) groups is 2. The van der Waals surface area contributed by atoms with Gasteiger partial charge in [-0.15, -0.1) is 0 Å². The molecule has 3 aromatic rings. The molecule has 10 nitrogen and oxygen atoms in total. The molecule has 1 saturated heterocycles. The summed E-state index contributed by atoms with van der Waals surface area (Å²) in [7, 11) is 2.93. The van der Waals surface area contributed by atoms with Gasteiger partial charge < -0.3 is 13.9 Å². The van der Waals surface area contributed by atoms with Crippen LogP contribution in [0.3, 0.4) is 0 Å². The lowest BCUT2D eigenvalue weighted by molar-refractivity contribution is -0.385. The van der Waals surface area contributed by atoms with Gasteiger partial charge in [-0.3, -0.25) is 25.0 Å². The van der Waals surface area contributed by atoms with E-state index in [1.165, 1.54) is 26.4 Å². The number of benzene rings is 2. The summed E-state index contributed by atoms with van der Waals surface area (Å²) in [5, 5.41) is 13.6. The summed E-state index contributed by atoms with van der Waals surface area (Å²) in [6, 6.07) is 12.7. The second-order valence-electron chi connectivity index (χ2n) is 7.46. The monoisotopic (exact) mass is 493 g/mol. The summed E-state index contributed by atoms with van der Waals surface area (Å²) in [6.45, 7) is 1.64. The highest BCUT2D eigenvalue weighted by Gasteiger charge is 2.36. The van der Waals surface area contributed by atoms with Crippen molar-refractivity contribution in [1.29, 1.82) is 0 Å². The molecule has 0 unspecified atom stereocenters. The summed E-state index contributed by atoms with van der Waals surface area (Å²) in [4.78, 5) is 37.8. The van der Waals surface area contributed by atoms with Crippen molar-refractivity contribution < 1.29 is 28.4 Å². The molecule has 1 aromatic heterocycles. The third-order valence-electron chi connectivity index (χ3n) is 5.33. The Hall–Kier alpha value is -4.51. The van der Waals surface area contributed by atoms with Crippen LogP contribution in [0.25, 0.3) is 17.4 Å². The largest absolute Gasteiger partial charge is 0.497 e. The van der Waals surface area contributed by atoms with Crippen molar-refractivity contribution in [2.45, 2.75) is 6.92 Å². The number of nitrogens with one attached hydrogen (secondary N) is 1. The number of anilines is 1. The predicted octanol–water partition coefficient (Wildman–Crippen LogP) is 4.01. The number of nitro benzene ring substituents is 1. The summed E-state index contributed by atoms with van der Waals surface area (Å²) < 4.78 is 16.3. The van der Waals surface area contributed by atoms with Crippen LogP contribution in [0.2, 0.25) is 0 Å². The molecule has 1 aliphatic heterocycles. The molecule has 0 spiro atoms. The zero-order valence-electron chi connectivity index (χ0n) is 18.9. The van der Waals surface area contributed by atoms with Crippen molar-refractivity contribution in [3.8, 4) is 22.8 Å². The van der Waals surface area contributed by atoms with E-state index in [0.717, 1.165) is 4.90 Å². The Kier molecular flexibility index (Phi) is 6.34. The average molecular weight is 493 g/mol. The Morgan fingerprint density at radius 1 is 1.09 bits per heavy atom. The van der Waals surface area contributed by atoms with Crippen LogP contribution in [0.1, 0.15) is 11.3 Å². The highest BCUT2D eigenvalue weighted by Crippen LogP contribution is 2.35. The fourth-order valence-corrected chi connectivity index (χ4v) is 3.81. The fourth-order valence-electron chi connectivity index (χ4n) is 3.53. The first-order valence-corrected chi connectivity index (χ1v) is 10.6. The van der Waals surface area contributed by atoms with Gasteiger partial charge in [0.05, 0.1) is 24.8 Å². The van der Waals surface area contributed by atoms with Gasteiger partial charge in [-0.2, -0.15) is 0 Å². The van der Waals surface area contributed by atoms with E-state index in [0.29, 0.717) is 34.1 Å². The van der Waals surface area contributed by atoms with Crippen LogP contribution in [0.15, 0.2) is 58.5 Å². The Morgan fingerprint density at radius 2 is 1.86 bits per heavy atom. The van der Waals surface area contributed by atoms with Crippen molar-refractivity contribution in [2.24, 2.45) is 0 Å². The number of hydrogen-bond acceptors (Lipinski definition) is 8. The minimum absolute atomic E-state index is 0.0433. The number of nitrogens with zero attached hydrogens (tertiary/aromatic N) is 2. The zero-order chi connectivity index (χ0) is 25.3. The number of methoxy groups -OCH3 is 2. The molecule has 0 atom stereocenters. The minimum atomic E-state index is -0.687. The van der Waals surface area contributed by atoms with Crippen molar-refractivity contribution in [2.75, 3.05) is 19.1 Å². The van der Waals surface area contributed by atoms with Gasteiger partial charge in [0.15, 0.2) is 5.11 Å². The number of ether oxygens (including phenoxy) is 2. The lowest BCUT2D eigenvalue weighted by atomic mass is 10.1. The van der Waals surface area contributed by atoms with Gasteiger partial charge >= 0.3 is 0 Å². The summed E-state index contributed by atoms with van der Waals surface area (Å²) in [5.41, 5.74) is 1.06. The van der Waals surface area contributed by atoms with Gasteiger partial charge in [-0.1, -0.05) is 12.1 Å². The highest BCUT2D eigenvalue weighted by atomic mass is 32.1. The molecule has 1 aliphatic rings. The van der Waals surface area contributed by atoms with Gasteiger partial charge in [0.2, 0.25) is 0 Å². The van der Waals surface area contributed by atoms with E-state index in [2.05, 4.69) is 5.32 Å². The van der Waals surface area contributed by atoms with Gasteiger partial charge in [0.25, 0.3) is 17.5 Å². The second kappa shape index (κ2) is 9.39. The summed E-state index contributed by atoms with van der Waals surface area (Å²) in [6.07, 6.45) is 1.29. The van der Waals surface area contributed by atoms with E-state index in [-0.39, 0.29) is 22.1 Å². The lowest BCUT2D eigenvalue weighted by Gasteiger charge is -2.29. The standard InChI is InChI=1S/C24H19N3O7S/c1-13-4-5-14(10-19(13)27(30)31)20-9-7-16(34-20)11-17-22(28)25-24(35)26(23(17)29)18-8-6-15(32-2)12-21(18)33-3/h4-12H,1-3H3,(H,25,28,35)/b17-11+. The Labute approximate surface area is 204 Å². The Bertz CT molecular complexity index is 1410. The Morgan fingerprint density at radius 3 is 2.54 bits per heavy atom. The first-order valence-electron chi connectivity index (χ1n) is 10.2. The number of carbonyl (C=O) groups excluding carboxylic acids is 2. The molecule has 178 valence electrons. The van der Waals surface area contributed by atoms with Gasteiger partial charge in [-0.25, -0.2) is 4.90 Å². The molecular formula is C24H19N3O7S. The quantitative estimate of drug-likeness (QED) is 0.180. The van der Waals surface area contributed by atoms with Crippen LogP contribution in [0, 0.1) is 17.0 Å². The van der Waals surface area contributed by atoms with Gasteiger partial charge in [-0.05, 0) is 49.5 Å². The topological polar surface area (TPSA) is 124 Å². The van der Waals surface area contributed by atoms with E-state index in [1.807, 2.05) is 0 Å². The van der Waals surface area contributed by atoms with Crippen molar-refractivity contribution >= 4 is 46.6 Å². The van der Waals surface area contributed by atoms with Gasteiger partial charge in [0, 0.05) is 23.3 Å². The van der Waals surface area contributed by atoms with Crippen LogP contribution in [0.4, 0.5) is 11.4 Å². The average Bonchev–Trinajstić information content (AvgIpc) is 3.30. The van der Waals surface area contributed by atoms with E-state index in [1.54, 1.807) is 49.4 Å². The number of aryl methyl sites for hydroxylation is 1. The summed E-state index contributed by atoms with van der Waals surface area (Å²) >= 11 is 5.24. The molecule has 0 radical (unpaired) electrons. The molecule has 35 heavy (non-hydrogen) atoms. The van der Waals surface area contributed by atoms with E-state index in [9.17, 15) is 19.7 Å². The lowest BCUT2D eigenvalue weighted by Crippen LogP contribution is -2.54. The number of furan rings is 1. The molecule has 0 aliphatic carbocycles. The smallest absolute Gasteiger partial charge is 0.273 e. The number of rotatable bonds is 6. The maximum absolute atomic E-state index is 13.3. The van der Waals surface area contributed by atoms with Crippen LogP contribution < -0.4 is 19.7 Å².